The zero-order valence-electron chi connectivity index (χ0n) is 17.9. The first-order valence-corrected chi connectivity index (χ1v) is 11.6. The molecule has 0 radical (unpaired) electrons. The van der Waals surface area contributed by atoms with Crippen LogP contribution >= 0.6 is 11.8 Å². The molecule has 1 saturated carbocycles. The van der Waals surface area contributed by atoms with Crippen LogP contribution in [0.1, 0.15) is 36.2 Å². The maximum absolute atomic E-state index is 13.1. The van der Waals surface area contributed by atoms with E-state index in [1.165, 1.54) is 17.3 Å². The third-order valence-electron chi connectivity index (χ3n) is 6.24. The summed E-state index contributed by atoms with van der Waals surface area (Å²) >= 11 is 1.42. The zero-order valence-corrected chi connectivity index (χ0v) is 18.7. The van der Waals surface area contributed by atoms with E-state index >= 15 is 0 Å². The first kappa shape index (κ1) is 21.3. The average Bonchev–Trinajstić information content (AvgIpc) is 3.33. The average molecular weight is 431 g/mol. The number of thioether (sulfide) groups is 1. The second kappa shape index (κ2) is 9.08. The van der Waals surface area contributed by atoms with Gasteiger partial charge in [0, 0.05) is 12.5 Å². The minimum atomic E-state index is -0.338. The maximum atomic E-state index is 13.1. The van der Waals surface area contributed by atoms with Gasteiger partial charge in [-0.15, -0.1) is 10.2 Å². The molecule has 2 aromatic rings. The van der Waals surface area contributed by atoms with Gasteiger partial charge in [-0.05, 0) is 50.8 Å². The summed E-state index contributed by atoms with van der Waals surface area (Å²) in [6.07, 6.45) is 2.44. The van der Waals surface area contributed by atoms with E-state index in [-0.39, 0.29) is 24.0 Å². The van der Waals surface area contributed by atoms with Crippen molar-refractivity contribution in [1.82, 2.24) is 19.7 Å². The lowest BCUT2D eigenvalue weighted by Crippen LogP contribution is -2.54. The predicted molar refractivity (Wildman–Crippen MR) is 116 cm³/mol. The summed E-state index contributed by atoms with van der Waals surface area (Å²) in [5, 5.41) is 19.6. The monoisotopic (exact) mass is 430 g/mol. The molecule has 30 heavy (non-hydrogen) atoms. The molecule has 2 aliphatic rings. The molecule has 1 N–H and O–H groups in total. The fourth-order valence-electron chi connectivity index (χ4n) is 4.59. The van der Waals surface area contributed by atoms with Gasteiger partial charge in [0.05, 0.1) is 36.8 Å². The Morgan fingerprint density at radius 3 is 2.87 bits per heavy atom. The van der Waals surface area contributed by atoms with Gasteiger partial charge < -0.3 is 14.7 Å². The fourth-order valence-corrected chi connectivity index (χ4v) is 5.46. The van der Waals surface area contributed by atoms with Crippen molar-refractivity contribution in [2.24, 2.45) is 5.92 Å². The van der Waals surface area contributed by atoms with Crippen LogP contribution in [0.2, 0.25) is 0 Å². The van der Waals surface area contributed by atoms with Crippen LogP contribution in [0.25, 0.3) is 5.69 Å². The molecule has 1 aromatic heterocycles. The summed E-state index contributed by atoms with van der Waals surface area (Å²) in [6, 6.07) is 6.26. The number of ether oxygens (including phenoxy) is 1. The SMILES string of the molecule is Cc1ccc(C)c(-n2c(C)nnc2SCC(=O)N2CCOC[C@@H]2[C@H]2CCC[C@H]2O)c1. The van der Waals surface area contributed by atoms with Crippen LogP contribution in [0.15, 0.2) is 23.4 Å². The van der Waals surface area contributed by atoms with Crippen molar-refractivity contribution < 1.29 is 14.6 Å². The molecule has 8 heteroatoms. The van der Waals surface area contributed by atoms with Gasteiger partial charge in [0.1, 0.15) is 5.82 Å². The predicted octanol–water partition coefficient (Wildman–Crippen LogP) is 2.67. The lowest BCUT2D eigenvalue weighted by Gasteiger charge is -2.40. The van der Waals surface area contributed by atoms with Crippen molar-refractivity contribution in [1.29, 1.82) is 0 Å². The highest BCUT2D eigenvalue weighted by molar-refractivity contribution is 7.99. The molecule has 1 aliphatic carbocycles. The third-order valence-corrected chi connectivity index (χ3v) is 7.15. The van der Waals surface area contributed by atoms with Gasteiger partial charge in [-0.25, -0.2) is 0 Å². The lowest BCUT2D eigenvalue weighted by atomic mass is 9.94. The Bertz CT molecular complexity index is 916. The topological polar surface area (TPSA) is 80.5 Å². The zero-order chi connectivity index (χ0) is 21.3. The highest BCUT2D eigenvalue weighted by atomic mass is 32.2. The number of amides is 1. The third kappa shape index (κ3) is 4.26. The molecule has 1 saturated heterocycles. The maximum Gasteiger partial charge on any atom is 0.233 e. The molecular formula is C22H30N4O3S. The Kier molecular flexibility index (Phi) is 6.46. The summed E-state index contributed by atoms with van der Waals surface area (Å²) in [6.45, 7) is 7.70. The molecule has 1 aromatic carbocycles. The number of hydrogen-bond donors (Lipinski definition) is 1. The largest absolute Gasteiger partial charge is 0.393 e. The van der Waals surface area contributed by atoms with Crippen LogP contribution in [0.5, 0.6) is 0 Å². The summed E-state index contributed by atoms with van der Waals surface area (Å²) < 4.78 is 7.68. The minimum absolute atomic E-state index is 0.0389. The quantitative estimate of drug-likeness (QED) is 0.735. The van der Waals surface area contributed by atoms with Crippen molar-refractivity contribution in [3.63, 3.8) is 0 Å². The first-order chi connectivity index (χ1) is 14.5. The molecule has 1 amide bonds. The minimum Gasteiger partial charge on any atom is -0.393 e. The summed E-state index contributed by atoms with van der Waals surface area (Å²) in [4.78, 5) is 15.0. The number of morpholine rings is 1. The molecule has 4 rings (SSSR count). The Morgan fingerprint density at radius 2 is 2.10 bits per heavy atom. The van der Waals surface area contributed by atoms with Crippen LogP contribution in [-0.2, 0) is 9.53 Å². The number of aliphatic hydroxyl groups excluding tert-OH is 1. The van der Waals surface area contributed by atoms with E-state index in [4.69, 9.17) is 4.74 Å². The normalized spacial score (nSPS) is 24.4. The second-order valence-corrected chi connectivity index (χ2v) is 9.28. The smallest absolute Gasteiger partial charge is 0.233 e. The standard InChI is InChI=1S/C22H30N4O3S/c1-14-7-8-15(2)18(11-14)26-16(3)23-24-22(26)30-13-21(28)25-9-10-29-12-19(25)17-5-4-6-20(17)27/h7-8,11,17,19-20,27H,4-6,9-10,12-13H2,1-3H3/t17-,19-,20-/m1/s1. The van der Waals surface area contributed by atoms with E-state index < -0.39 is 0 Å². The van der Waals surface area contributed by atoms with E-state index in [0.717, 1.165) is 41.5 Å². The second-order valence-electron chi connectivity index (χ2n) is 8.34. The molecule has 0 unspecified atom stereocenters. The molecule has 1 aliphatic heterocycles. The highest BCUT2D eigenvalue weighted by Crippen LogP contribution is 2.33. The van der Waals surface area contributed by atoms with Gasteiger partial charge in [0.15, 0.2) is 5.16 Å². The van der Waals surface area contributed by atoms with Gasteiger partial charge in [-0.3, -0.25) is 9.36 Å². The van der Waals surface area contributed by atoms with Gasteiger partial charge in [-0.1, -0.05) is 30.3 Å². The van der Waals surface area contributed by atoms with Crippen LogP contribution in [0, 0.1) is 26.7 Å². The number of carbonyl (C=O) groups excluding carboxylic acids is 1. The van der Waals surface area contributed by atoms with Crippen LogP contribution in [-0.4, -0.2) is 68.3 Å². The Morgan fingerprint density at radius 1 is 1.27 bits per heavy atom. The lowest BCUT2D eigenvalue weighted by molar-refractivity contribution is -0.141. The van der Waals surface area contributed by atoms with Crippen LogP contribution in [0.3, 0.4) is 0 Å². The Hall–Kier alpha value is -1.90. The van der Waals surface area contributed by atoms with Gasteiger partial charge in [0.25, 0.3) is 0 Å². The van der Waals surface area contributed by atoms with E-state index in [0.29, 0.717) is 25.5 Å². The molecule has 2 heterocycles. The highest BCUT2D eigenvalue weighted by Gasteiger charge is 2.39. The molecule has 7 nitrogen and oxygen atoms in total. The molecular weight excluding hydrogens is 400 g/mol. The Labute approximate surface area is 181 Å². The summed E-state index contributed by atoms with van der Waals surface area (Å²) in [5.74, 6) is 1.28. The van der Waals surface area contributed by atoms with E-state index in [2.05, 4.69) is 42.2 Å². The molecule has 2 fully saturated rings. The molecule has 3 atom stereocenters. The Balaban J connectivity index is 1.49. The number of carbonyl (C=O) groups is 1. The number of hydrogen-bond acceptors (Lipinski definition) is 6. The number of aliphatic hydroxyl groups is 1. The van der Waals surface area contributed by atoms with Crippen molar-refractivity contribution in [3.8, 4) is 5.69 Å². The molecule has 0 bridgehead atoms. The van der Waals surface area contributed by atoms with Crippen molar-refractivity contribution >= 4 is 17.7 Å². The number of aromatic nitrogens is 3. The van der Waals surface area contributed by atoms with E-state index in [9.17, 15) is 9.90 Å². The van der Waals surface area contributed by atoms with Crippen LogP contribution < -0.4 is 0 Å². The summed E-state index contributed by atoms with van der Waals surface area (Å²) in [5.41, 5.74) is 3.35. The summed E-state index contributed by atoms with van der Waals surface area (Å²) in [7, 11) is 0. The van der Waals surface area contributed by atoms with Gasteiger partial charge >= 0.3 is 0 Å². The van der Waals surface area contributed by atoms with Crippen molar-refractivity contribution in [2.75, 3.05) is 25.5 Å². The first-order valence-electron chi connectivity index (χ1n) is 10.6. The van der Waals surface area contributed by atoms with Crippen molar-refractivity contribution in [2.45, 2.75) is 57.3 Å². The number of benzene rings is 1. The van der Waals surface area contributed by atoms with Gasteiger partial charge in [0.2, 0.25) is 5.91 Å². The van der Waals surface area contributed by atoms with E-state index in [1.807, 2.05) is 16.4 Å². The molecule has 162 valence electrons. The fraction of sp³-hybridized carbons (Fsp3) is 0.591. The van der Waals surface area contributed by atoms with Crippen LogP contribution in [0.4, 0.5) is 0 Å². The molecule has 0 spiro atoms. The number of nitrogens with zero attached hydrogens (tertiary/aromatic N) is 4. The number of rotatable bonds is 5. The van der Waals surface area contributed by atoms with Gasteiger partial charge in [-0.2, -0.15) is 0 Å². The van der Waals surface area contributed by atoms with E-state index in [1.54, 1.807) is 0 Å². The van der Waals surface area contributed by atoms with Crippen molar-refractivity contribution in [3.05, 3.63) is 35.2 Å². The number of aryl methyl sites for hydroxylation is 3.